The van der Waals surface area contributed by atoms with Crippen molar-refractivity contribution in [3.8, 4) is 23.3 Å². The Labute approximate surface area is 208 Å². The van der Waals surface area contributed by atoms with E-state index in [1.54, 1.807) is 0 Å². The molecule has 2 aromatic rings. The van der Waals surface area contributed by atoms with Crippen LogP contribution in [0.3, 0.4) is 0 Å². The SMILES string of the molecule is CCCCCc1ccc(-c2ccc(C34CCC(CCC)(CC3)CC4)c(C#N)c2C#N)cc1Br. The molecule has 0 unspecified atom stereocenters. The molecule has 3 fully saturated rings. The van der Waals surface area contributed by atoms with Crippen molar-refractivity contribution in [2.45, 2.75) is 96.3 Å². The molecule has 0 aromatic heterocycles. The molecule has 3 heteroatoms. The normalized spacial score (nSPS) is 23.8. The largest absolute Gasteiger partial charge is 0.192 e. The Morgan fingerprint density at radius 3 is 2.12 bits per heavy atom. The molecule has 0 saturated heterocycles. The van der Waals surface area contributed by atoms with Gasteiger partial charge in [0.2, 0.25) is 0 Å². The van der Waals surface area contributed by atoms with E-state index in [1.165, 1.54) is 56.9 Å². The van der Waals surface area contributed by atoms with Crippen molar-refractivity contribution in [3.05, 3.63) is 57.1 Å². The van der Waals surface area contributed by atoms with Gasteiger partial charge in [0.15, 0.2) is 0 Å². The maximum Gasteiger partial charge on any atom is 0.101 e. The molecule has 172 valence electrons. The van der Waals surface area contributed by atoms with E-state index in [1.807, 2.05) is 0 Å². The first kappa shape index (κ1) is 24.0. The summed E-state index contributed by atoms with van der Waals surface area (Å²) in [5.41, 5.74) is 6.09. The van der Waals surface area contributed by atoms with E-state index in [4.69, 9.17) is 0 Å². The molecule has 3 aliphatic rings. The van der Waals surface area contributed by atoms with Gasteiger partial charge in [0.25, 0.3) is 0 Å². The molecule has 0 heterocycles. The number of fused-ring (bicyclic) bond motifs is 3. The summed E-state index contributed by atoms with van der Waals surface area (Å²) < 4.78 is 1.09. The van der Waals surface area contributed by atoms with Crippen LogP contribution in [-0.4, -0.2) is 0 Å². The van der Waals surface area contributed by atoms with E-state index in [0.717, 1.165) is 46.8 Å². The number of rotatable bonds is 8. The molecule has 33 heavy (non-hydrogen) atoms. The van der Waals surface area contributed by atoms with Crippen LogP contribution in [0.25, 0.3) is 11.1 Å². The molecule has 3 saturated carbocycles. The third-order valence-electron chi connectivity index (χ3n) is 8.60. The molecule has 2 aromatic carbocycles. The summed E-state index contributed by atoms with van der Waals surface area (Å²) in [7, 11) is 0. The van der Waals surface area contributed by atoms with E-state index in [-0.39, 0.29) is 5.41 Å². The molecule has 0 radical (unpaired) electrons. The lowest BCUT2D eigenvalue weighted by molar-refractivity contribution is 0.0319. The van der Waals surface area contributed by atoms with Crippen molar-refractivity contribution in [2.75, 3.05) is 0 Å². The van der Waals surface area contributed by atoms with Gasteiger partial charge in [0, 0.05) is 10.0 Å². The summed E-state index contributed by atoms with van der Waals surface area (Å²) >= 11 is 3.75. The third kappa shape index (κ3) is 4.50. The number of aryl methyl sites for hydroxylation is 1. The molecule has 0 spiro atoms. The van der Waals surface area contributed by atoms with Crippen LogP contribution >= 0.6 is 15.9 Å². The van der Waals surface area contributed by atoms with Gasteiger partial charge in [0.1, 0.15) is 12.1 Å². The van der Waals surface area contributed by atoms with E-state index < -0.39 is 0 Å². The molecule has 0 atom stereocenters. The fourth-order valence-corrected chi connectivity index (χ4v) is 7.15. The van der Waals surface area contributed by atoms with Gasteiger partial charge in [-0.25, -0.2) is 0 Å². The maximum atomic E-state index is 10.2. The summed E-state index contributed by atoms with van der Waals surface area (Å²) in [6.45, 7) is 4.52. The van der Waals surface area contributed by atoms with Crippen molar-refractivity contribution in [1.82, 2.24) is 0 Å². The number of benzene rings is 2. The summed E-state index contributed by atoms with van der Waals surface area (Å²) in [5, 5.41) is 20.3. The average Bonchev–Trinajstić information content (AvgIpc) is 2.85. The third-order valence-corrected chi connectivity index (χ3v) is 9.33. The number of unbranched alkanes of at least 4 members (excludes halogenated alkanes) is 2. The Hall–Kier alpha value is -2.10. The lowest BCUT2D eigenvalue weighted by atomic mass is 9.50. The smallest absolute Gasteiger partial charge is 0.101 e. The van der Waals surface area contributed by atoms with Gasteiger partial charge >= 0.3 is 0 Å². The van der Waals surface area contributed by atoms with E-state index >= 15 is 0 Å². The van der Waals surface area contributed by atoms with Gasteiger partial charge in [-0.05, 0) is 91.4 Å². The van der Waals surface area contributed by atoms with Gasteiger partial charge in [-0.2, -0.15) is 10.5 Å². The highest BCUT2D eigenvalue weighted by Gasteiger charge is 2.49. The van der Waals surface area contributed by atoms with Crippen LogP contribution in [0.15, 0.2) is 34.8 Å². The number of halogens is 1. The van der Waals surface area contributed by atoms with E-state index in [2.05, 4.69) is 72.2 Å². The standard InChI is InChI=1S/C30H35BrN2/c1-3-5-6-7-22-8-9-23(19-28(22)31)24-10-11-27(26(21-33)25(24)20-32)30-16-13-29(12-4-2,14-17-30)15-18-30/h8-11,19H,3-7,12-18H2,1-2H3. The van der Waals surface area contributed by atoms with Crippen LogP contribution < -0.4 is 0 Å². The molecule has 3 aliphatic carbocycles. The van der Waals surface area contributed by atoms with Gasteiger partial charge in [-0.15, -0.1) is 0 Å². The van der Waals surface area contributed by atoms with Crippen LogP contribution in [0.4, 0.5) is 0 Å². The van der Waals surface area contributed by atoms with Gasteiger partial charge in [-0.3, -0.25) is 0 Å². The Bertz CT molecular complexity index is 1080. The second-order valence-corrected chi connectivity index (χ2v) is 11.3. The predicted molar refractivity (Wildman–Crippen MR) is 139 cm³/mol. The molecule has 0 aliphatic heterocycles. The zero-order valence-corrected chi connectivity index (χ0v) is 21.7. The first-order valence-corrected chi connectivity index (χ1v) is 13.6. The fraction of sp³-hybridized carbons (Fsp3) is 0.533. The van der Waals surface area contributed by atoms with Crippen molar-refractivity contribution >= 4 is 15.9 Å². The first-order chi connectivity index (χ1) is 16.0. The molecule has 2 nitrogen and oxygen atoms in total. The summed E-state index contributed by atoms with van der Waals surface area (Å²) in [5.74, 6) is 0. The minimum Gasteiger partial charge on any atom is -0.192 e. The van der Waals surface area contributed by atoms with Crippen molar-refractivity contribution < 1.29 is 0 Å². The highest BCUT2D eigenvalue weighted by atomic mass is 79.9. The zero-order chi connectivity index (χ0) is 23.5. The van der Waals surface area contributed by atoms with E-state index in [0.29, 0.717) is 16.5 Å². The molecule has 0 amide bonds. The highest BCUT2D eigenvalue weighted by Crippen LogP contribution is 2.60. The summed E-state index contributed by atoms with van der Waals surface area (Å²) in [6, 6.07) is 15.6. The Morgan fingerprint density at radius 1 is 0.848 bits per heavy atom. The minimum atomic E-state index is 0.0778. The van der Waals surface area contributed by atoms with Crippen LogP contribution in [0.2, 0.25) is 0 Å². The minimum absolute atomic E-state index is 0.0778. The zero-order valence-electron chi connectivity index (χ0n) is 20.1. The van der Waals surface area contributed by atoms with Crippen molar-refractivity contribution in [2.24, 2.45) is 5.41 Å². The quantitative estimate of drug-likeness (QED) is 0.338. The average molecular weight is 504 g/mol. The number of hydrogen-bond acceptors (Lipinski definition) is 2. The van der Waals surface area contributed by atoms with Crippen LogP contribution in [0, 0.1) is 28.1 Å². The molecule has 0 N–H and O–H groups in total. The number of nitriles is 2. The highest BCUT2D eigenvalue weighted by molar-refractivity contribution is 9.10. The first-order valence-electron chi connectivity index (χ1n) is 12.8. The Kier molecular flexibility index (Phi) is 7.31. The van der Waals surface area contributed by atoms with Gasteiger partial charge in [-0.1, -0.05) is 73.3 Å². The Balaban J connectivity index is 1.68. The van der Waals surface area contributed by atoms with Crippen molar-refractivity contribution in [1.29, 1.82) is 10.5 Å². The Morgan fingerprint density at radius 2 is 1.55 bits per heavy atom. The predicted octanol–water partition coefficient (Wildman–Crippen LogP) is 8.98. The summed E-state index contributed by atoms with van der Waals surface area (Å²) in [6.07, 6.45) is 14.6. The molecular weight excluding hydrogens is 468 g/mol. The molecule has 2 bridgehead atoms. The van der Waals surface area contributed by atoms with Gasteiger partial charge < -0.3 is 0 Å². The maximum absolute atomic E-state index is 10.2. The van der Waals surface area contributed by atoms with Crippen LogP contribution in [0.1, 0.15) is 107 Å². The molecular formula is C30H35BrN2. The molecule has 5 rings (SSSR count). The fourth-order valence-electron chi connectivity index (χ4n) is 6.57. The van der Waals surface area contributed by atoms with Gasteiger partial charge in [0.05, 0.1) is 11.1 Å². The monoisotopic (exact) mass is 502 g/mol. The second kappa shape index (κ2) is 10.0. The number of hydrogen-bond donors (Lipinski definition) is 0. The second-order valence-electron chi connectivity index (χ2n) is 10.4. The lowest BCUT2D eigenvalue weighted by Crippen LogP contribution is -2.44. The lowest BCUT2D eigenvalue weighted by Gasteiger charge is -2.54. The van der Waals surface area contributed by atoms with Crippen molar-refractivity contribution in [3.63, 3.8) is 0 Å². The topological polar surface area (TPSA) is 47.6 Å². The van der Waals surface area contributed by atoms with Crippen LogP contribution in [0.5, 0.6) is 0 Å². The van der Waals surface area contributed by atoms with Crippen LogP contribution in [-0.2, 0) is 11.8 Å². The summed E-state index contributed by atoms with van der Waals surface area (Å²) in [4.78, 5) is 0. The van der Waals surface area contributed by atoms with E-state index in [9.17, 15) is 10.5 Å². The number of nitrogens with zero attached hydrogens (tertiary/aromatic N) is 2.